The van der Waals surface area contributed by atoms with E-state index < -0.39 is 0 Å². The molecule has 0 amide bonds. The number of nitrogens with two attached hydrogens (primary N) is 1. The van der Waals surface area contributed by atoms with Gasteiger partial charge in [-0.3, -0.25) is 4.79 Å². The third kappa shape index (κ3) is 7.22. The van der Waals surface area contributed by atoms with E-state index in [-0.39, 0.29) is 42.6 Å². The summed E-state index contributed by atoms with van der Waals surface area (Å²) >= 11 is 11.8. The van der Waals surface area contributed by atoms with Crippen LogP contribution in [0.2, 0.25) is 10.0 Å². The summed E-state index contributed by atoms with van der Waals surface area (Å²) in [6, 6.07) is 15.1. The molecular formula is C21H26Cl4N2O. The average molecular weight is 464 g/mol. The molecule has 1 aliphatic rings. The summed E-state index contributed by atoms with van der Waals surface area (Å²) in [4.78, 5) is 15.0. The minimum atomic E-state index is 0. The van der Waals surface area contributed by atoms with Gasteiger partial charge < -0.3 is 10.6 Å². The molecule has 3 nitrogen and oxygen atoms in total. The molecule has 1 unspecified atom stereocenters. The SMILES string of the molecule is Cl.Cl.NC(Cc1ccc(Cl)cc1)CN1CCC(C(=O)c2ccc(Cl)cc2)CC1. The second kappa shape index (κ2) is 12.0. The first-order valence-corrected chi connectivity index (χ1v) is 9.79. The number of ketones is 1. The molecule has 0 aromatic heterocycles. The lowest BCUT2D eigenvalue weighted by Gasteiger charge is -2.33. The molecule has 1 aliphatic heterocycles. The lowest BCUT2D eigenvalue weighted by Crippen LogP contribution is -2.43. The van der Waals surface area contributed by atoms with Crippen LogP contribution in [0, 0.1) is 5.92 Å². The molecule has 154 valence electrons. The molecule has 7 heteroatoms. The average Bonchev–Trinajstić information content (AvgIpc) is 2.64. The Balaban J connectivity index is 0.00000196. The second-order valence-electron chi connectivity index (χ2n) is 7.04. The molecule has 3 rings (SSSR count). The van der Waals surface area contributed by atoms with Gasteiger partial charge in [0.25, 0.3) is 0 Å². The van der Waals surface area contributed by atoms with Crippen LogP contribution in [0.3, 0.4) is 0 Å². The number of hydrogen-bond acceptors (Lipinski definition) is 3. The van der Waals surface area contributed by atoms with E-state index in [0.717, 1.165) is 49.5 Å². The van der Waals surface area contributed by atoms with Gasteiger partial charge >= 0.3 is 0 Å². The van der Waals surface area contributed by atoms with Gasteiger partial charge in [0.2, 0.25) is 0 Å². The summed E-state index contributed by atoms with van der Waals surface area (Å²) in [5, 5.41) is 1.40. The minimum absolute atomic E-state index is 0. The summed E-state index contributed by atoms with van der Waals surface area (Å²) in [5.41, 5.74) is 8.28. The number of likely N-dealkylation sites (tertiary alicyclic amines) is 1. The first-order chi connectivity index (χ1) is 12.5. The molecule has 1 saturated heterocycles. The predicted molar refractivity (Wildman–Crippen MR) is 123 cm³/mol. The zero-order valence-electron chi connectivity index (χ0n) is 15.5. The van der Waals surface area contributed by atoms with Gasteiger partial charge in [0, 0.05) is 34.1 Å². The van der Waals surface area contributed by atoms with Crippen LogP contribution in [-0.2, 0) is 6.42 Å². The lowest BCUT2D eigenvalue weighted by molar-refractivity contribution is 0.0836. The fraction of sp³-hybridized carbons (Fsp3) is 0.381. The van der Waals surface area contributed by atoms with E-state index in [4.69, 9.17) is 28.9 Å². The van der Waals surface area contributed by atoms with Gasteiger partial charge in [0.15, 0.2) is 5.78 Å². The maximum absolute atomic E-state index is 12.6. The van der Waals surface area contributed by atoms with E-state index in [9.17, 15) is 4.79 Å². The van der Waals surface area contributed by atoms with Crippen molar-refractivity contribution < 1.29 is 4.79 Å². The Morgan fingerprint density at radius 2 is 1.46 bits per heavy atom. The van der Waals surface area contributed by atoms with E-state index in [0.29, 0.717) is 5.02 Å². The number of halogens is 4. The van der Waals surface area contributed by atoms with Crippen molar-refractivity contribution in [3.8, 4) is 0 Å². The lowest BCUT2D eigenvalue weighted by atomic mass is 9.88. The fourth-order valence-corrected chi connectivity index (χ4v) is 3.80. The Bertz CT molecular complexity index is 729. The van der Waals surface area contributed by atoms with Gasteiger partial charge in [-0.25, -0.2) is 0 Å². The van der Waals surface area contributed by atoms with E-state index in [1.165, 1.54) is 5.56 Å². The number of nitrogens with zero attached hydrogens (tertiary/aromatic N) is 1. The highest BCUT2D eigenvalue weighted by molar-refractivity contribution is 6.30. The zero-order chi connectivity index (χ0) is 18.5. The van der Waals surface area contributed by atoms with E-state index in [1.807, 2.05) is 36.4 Å². The van der Waals surface area contributed by atoms with Crippen molar-refractivity contribution in [1.82, 2.24) is 4.90 Å². The molecule has 0 aliphatic carbocycles. The Hall–Kier alpha value is -0.810. The minimum Gasteiger partial charge on any atom is -0.326 e. The molecule has 0 bridgehead atoms. The summed E-state index contributed by atoms with van der Waals surface area (Å²) in [7, 11) is 0. The summed E-state index contributed by atoms with van der Waals surface area (Å²) in [6.07, 6.45) is 2.60. The van der Waals surface area contributed by atoms with E-state index in [1.54, 1.807) is 12.1 Å². The molecule has 0 radical (unpaired) electrons. The topological polar surface area (TPSA) is 46.3 Å². The zero-order valence-corrected chi connectivity index (χ0v) is 18.7. The van der Waals surface area contributed by atoms with E-state index in [2.05, 4.69) is 4.90 Å². The van der Waals surface area contributed by atoms with Crippen LogP contribution in [0.15, 0.2) is 48.5 Å². The monoisotopic (exact) mass is 462 g/mol. The molecule has 2 aromatic rings. The summed E-state index contributed by atoms with van der Waals surface area (Å²) < 4.78 is 0. The summed E-state index contributed by atoms with van der Waals surface area (Å²) in [5.74, 6) is 0.326. The molecule has 1 fully saturated rings. The Morgan fingerprint density at radius 3 is 2.00 bits per heavy atom. The Morgan fingerprint density at radius 1 is 0.964 bits per heavy atom. The van der Waals surface area contributed by atoms with Crippen LogP contribution in [0.4, 0.5) is 0 Å². The number of hydrogen-bond donors (Lipinski definition) is 1. The first kappa shape index (κ1) is 25.2. The van der Waals surface area contributed by atoms with Gasteiger partial charge in [-0.1, -0.05) is 35.3 Å². The Kier molecular flexibility index (Phi) is 10.8. The van der Waals surface area contributed by atoms with Crippen molar-refractivity contribution in [3.05, 3.63) is 69.7 Å². The quantitative estimate of drug-likeness (QED) is 0.591. The van der Waals surface area contributed by atoms with Crippen molar-refractivity contribution >= 4 is 53.8 Å². The van der Waals surface area contributed by atoms with Crippen LogP contribution in [-0.4, -0.2) is 36.4 Å². The molecule has 1 heterocycles. The maximum Gasteiger partial charge on any atom is 0.166 e. The highest BCUT2D eigenvalue weighted by Crippen LogP contribution is 2.23. The van der Waals surface area contributed by atoms with Gasteiger partial charge in [-0.15, -0.1) is 24.8 Å². The molecule has 0 spiro atoms. The second-order valence-corrected chi connectivity index (χ2v) is 7.91. The van der Waals surface area contributed by atoms with Crippen molar-refractivity contribution in [1.29, 1.82) is 0 Å². The van der Waals surface area contributed by atoms with Gasteiger partial charge in [-0.05, 0) is 74.3 Å². The number of benzene rings is 2. The third-order valence-corrected chi connectivity index (χ3v) is 5.49. The molecule has 1 atom stereocenters. The summed E-state index contributed by atoms with van der Waals surface area (Å²) in [6.45, 7) is 2.68. The van der Waals surface area contributed by atoms with Gasteiger partial charge in [0.1, 0.15) is 0 Å². The number of carbonyl (C=O) groups excluding carboxylic acids is 1. The number of piperidine rings is 1. The predicted octanol–water partition coefficient (Wildman–Crippen LogP) is 5.30. The van der Waals surface area contributed by atoms with Crippen LogP contribution < -0.4 is 5.73 Å². The van der Waals surface area contributed by atoms with Crippen LogP contribution in [0.1, 0.15) is 28.8 Å². The first-order valence-electron chi connectivity index (χ1n) is 9.03. The molecule has 0 saturated carbocycles. The van der Waals surface area contributed by atoms with Crippen molar-refractivity contribution in [3.63, 3.8) is 0 Å². The van der Waals surface area contributed by atoms with Crippen LogP contribution >= 0.6 is 48.0 Å². The van der Waals surface area contributed by atoms with Crippen molar-refractivity contribution in [2.24, 2.45) is 11.7 Å². The maximum atomic E-state index is 12.6. The highest BCUT2D eigenvalue weighted by Gasteiger charge is 2.26. The molecule has 2 aromatic carbocycles. The number of Topliss-reactive ketones (excluding diaryl/α,β-unsaturated/α-hetero) is 1. The number of carbonyl (C=O) groups is 1. The molecule has 28 heavy (non-hydrogen) atoms. The Labute approximate surface area is 189 Å². The largest absolute Gasteiger partial charge is 0.326 e. The third-order valence-electron chi connectivity index (χ3n) is 4.99. The normalized spacial score (nSPS) is 16.0. The van der Waals surface area contributed by atoms with Crippen LogP contribution in [0.25, 0.3) is 0 Å². The smallest absolute Gasteiger partial charge is 0.166 e. The van der Waals surface area contributed by atoms with Gasteiger partial charge in [-0.2, -0.15) is 0 Å². The van der Waals surface area contributed by atoms with Crippen molar-refractivity contribution in [2.75, 3.05) is 19.6 Å². The standard InChI is InChI=1S/C21H24Cl2N2O.2ClH/c22-18-5-1-15(2-6-18)13-20(24)14-25-11-9-17(10-12-25)21(26)16-3-7-19(23)8-4-16;;/h1-8,17,20H,9-14,24H2;2*1H. The van der Waals surface area contributed by atoms with E-state index >= 15 is 0 Å². The molecular weight excluding hydrogens is 438 g/mol. The van der Waals surface area contributed by atoms with Crippen molar-refractivity contribution in [2.45, 2.75) is 25.3 Å². The van der Waals surface area contributed by atoms with Crippen LogP contribution in [0.5, 0.6) is 0 Å². The number of rotatable bonds is 6. The fourth-order valence-electron chi connectivity index (χ4n) is 3.55. The highest BCUT2D eigenvalue weighted by atomic mass is 35.5. The van der Waals surface area contributed by atoms with Gasteiger partial charge in [0.05, 0.1) is 0 Å². The molecule has 2 N–H and O–H groups in total.